The largest absolute Gasteiger partial charge is 0.350 e. The molecule has 2 aliphatic rings. The van der Waals surface area contributed by atoms with E-state index in [9.17, 15) is 4.39 Å². The van der Waals surface area contributed by atoms with Gasteiger partial charge in [-0.2, -0.15) is 4.98 Å². The molecule has 7 nitrogen and oxygen atoms in total. The highest BCUT2D eigenvalue weighted by Crippen LogP contribution is 2.32. The number of rotatable bonds is 4. The van der Waals surface area contributed by atoms with Crippen LogP contribution in [0, 0.1) is 5.82 Å². The van der Waals surface area contributed by atoms with Gasteiger partial charge in [-0.25, -0.2) is 19.3 Å². The molecule has 2 unspecified atom stereocenters. The van der Waals surface area contributed by atoms with Crippen molar-refractivity contribution in [3.05, 3.63) is 52.7 Å². The van der Waals surface area contributed by atoms with Crippen LogP contribution < -0.4 is 14.7 Å². The second-order valence-corrected chi connectivity index (χ2v) is 9.65. The summed E-state index contributed by atoms with van der Waals surface area (Å²) >= 11 is 12.4. The van der Waals surface area contributed by atoms with Crippen LogP contribution >= 0.6 is 23.2 Å². The van der Waals surface area contributed by atoms with Crippen molar-refractivity contribution in [2.45, 2.75) is 38.8 Å². The Balaban J connectivity index is 1.49. The van der Waals surface area contributed by atoms with Gasteiger partial charge >= 0.3 is 0 Å². The molecular formula is C24H26Cl2FN7. The smallest absolute Gasteiger partial charge is 0.228 e. The number of hydrogen-bond acceptors (Lipinski definition) is 7. The standard InChI is InChI=1S/C24H26Cl2FN7/c1-15-4-3-9-34(15)24-30-20(17-5-6-19(27)18(25)12-17)13-21(31-24)33-11-10-32(14-16(33)2)23-22(26)28-7-8-29-23/h5-8,12-13,15-16H,3-4,9-11,14H2,1-2H3. The van der Waals surface area contributed by atoms with Gasteiger partial charge in [0, 0.05) is 62.3 Å². The summed E-state index contributed by atoms with van der Waals surface area (Å²) in [5, 5.41) is 0.488. The molecule has 3 aromatic rings. The fourth-order valence-corrected chi connectivity index (χ4v) is 5.15. The first kappa shape index (κ1) is 23.1. The van der Waals surface area contributed by atoms with Crippen LogP contribution in [-0.2, 0) is 0 Å². The Morgan fingerprint density at radius 2 is 1.76 bits per heavy atom. The highest BCUT2D eigenvalue weighted by atomic mass is 35.5. The predicted octanol–water partition coefficient (Wildman–Crippen LogP) is 5.08. The second kappa shape index (κ2) is 9.50. The average molecular weight is 502 g/mol. The van der Waals surface area contributed by atoms with Gasteiger partial charge < -0.3 is 14.7 Å². The number of piperazine rings is 1. The van der Waals surface area contributed by atoms with Crippen LogP contribution in [0.15, 0.2) is 36.7 Å². The number of halogens is 3. The van der Waals surface area contributed by atoms with Gasteiger partial charge in [-0.15, -0.1) is 0 Å². The molecule has 2 fully saturated rings. The van der Waals surface area contributed by atoms with Crippen molar-refractivity contribution >= 4 is 40.8 Å². The molecule has 2 aromatic heterocycles. The van der Waals surface area contributed by atoms with E-state index in [4.69, 9.17) is 33.2 Å². The van der Waals surface area contributed by atoms with Crippen LogP contribution in [0.3, 0.4) is 0 Å². The minimum Gasteiger partial charge on any atom is -0.350 e. The van der Waals surface area contributed by atoms with E-state index in [0.717, 1.165) is 56.1 Å². The summed E-state index contributed by atoms with van der Waals surface area (Å²) in [4.78, 5) is 25.1. The van der Waals surface area contributed by atoms with Gasteiger partial charge in [-0.3, -0.25) is 0 Å². The van der Waals surface area contributed by atoms with E-state index >= 15 is 0 Å². The third kappa shape index (κ3) is 4.49. The Morgan fingerprint density at radius 3 is 2.47 bits per heavy atom. The molecule has 0 aliphatic carbocycles. The summed E-state index contributed by atoms with van der Waals surface area (Å²) in [7, 11) is 0. The molecule has 0 N–H and O–H groups in total. The molecule has 0 radical (unpaired) electrons. The molecule has 0 spiro atoms. The Kier molecular flexibility index (Phi) is 6.44. The number of nitrogens with zero attached hydrogens (tertiary/aromatic N) is 7. The normalized spacial score (nSPS) is 20.8. The fourth-order valence-electron chi connectivity index (χ4n) is 4.75. The first-order chi connectivity index (χ1) is 16.4. The molecule has 2 saturated heterocycles. The SMILES string of the molecule is CC1CN(c2nccnc2Cl)CCN1c1cc(-c2ccc(F)c(Cl)c2)nc(N2CCCC2C)n1. The molecule has 2 aliphatic heterocycles. The molecule has 2 atom stereocenters. The Morgan fingerprint density at radius 1 is 0.941 bits per heavy atom. The van der Waals surface area contributed by atoms with Crippen LogP contribution in [0.25, 0.3) is 11.3 Å². The van der Waals surface area contributed by atoms with Crippen LogP contribution in [0.5, 0.6) is 0 Å². The van der Waals surface area contributed by atoms with Gasteiger partial charge in [0.25, 0.3) is 0 Å². The van der Waals surface area contributed by atoms with E-state index in [-0.39, 0.29) is 11.1 Å². The van der Waals surface area contributed by atoms with Gasteiger partial charge in [0.15, 0.2) is 11.0 Å². The van der Waals surface area contributed by atoms with Crippen molar-refractivity contribution in [1.29, 1.82) is 0 Å². The minimum absolute atomic E-state index is 0.0802. The number of anilines is 3. The third-order valence-corrected chi connectivity index (χ3v) is 7.14. The van der Waals surface area contributed by atoms with Crippen molar-refractivity contribution in [3.8, 4) is 11.3 Å². The monoisotopic (exact) mass is 501 g/mol. The quantitative estimate of drug-likeness (QED) is 0.493. The maximum atomic E-state index is 13.8. The average Bonchev–Trinajstić information content (AvgIpc) is 3.26. The summed E-state index contributed by atoms with van der Waals surface area (Å²) in [6, 6.07) is 7.20. The van der Waals surface area contributed by atoms with Crippen molar-refractivity contribution in [2.75, 3.05) is 40.9 Å². The molecule has 34 heavy (non-hydrogen) atoms. The molecule has 4 heterocycles. The van der Waals surface area contributed by atoms with Gasteiger partial charge in [0.2, 0.25) is 5.95 Å². The summed E-state index contributed by atoms with van der Waals surface area (Å²) in [5.74, 6) is 1.80. The lowest BCUT2D eigenvalue weighted by Gasteiger charge is -2.41. The Bertz CT molecular complexity index is 1190. The van der Waals surface area contributed by atoms with Gasteiger partial charge in [0.1, 0.15) is 11.6 Å². The van der Waals surface area contributed by atoms with Crippen LogP contribution in [0.4, 0.5) is 22.0 Å². The molecule has 1 aromatic carbocycles. The van der Waals surface area contributed by atoms with E-state index < -0.39 is 5.82 Å². The molecule has 0 saturated carbocycles. The van der Waals surface area contributed by atoms with E-state index in [1.54, 1.807) is 24.5 Å². The highest BCUT2D eigenvalue weighted by molar-refractivity contribution is 6.31. The lowest BCUT2D eigenvalue weighted by Crippen LogP contribution is -2.53. The summed E-state index contributed by atoms with van der Waals surface area (Å²) < 4.78 is 13.8. The van der Waals surface area contributed by atoms with Gasteiger partial charge in [0.05, 0.1) is 10.7 Å². The molecule has 0 bridgehead atoms. The van der Waals surface area contributed by atoms with E-state index in [2.05, 4.69) is 38.5 Å². The van der Waals surface area contributed by atoms with E-state index in [1.807, 2.05) is 6.07 Å². The second-order valence-electron chi connectivity index (χ2n) is 8.88. The summed E-state index contributed by atoms with van der Waals surface area (Å²) in [6.45, 7) is 7.48. The third-order valence-electron chi connectivity index (χ3n) is 6.58. The van der Waals surface area contributed by atoms with Gasteiger partial charge in [-0.1, -0.05) is 23.2 Å². The lowest BCUT2D eigenvalue weighted by atomic mass is 10.1. The van der Waals surface area contributed by atoms with Crippen molar-refractivity contribution in [2.24, 2.45) is 0 Å². The maximum absolute atomic E-state index is 13.8. The van der Waals surface area contributed by atoms with Crippen LogP contribution in [0.2, 0.25) is 10.2 Å². The Hall–Kier alpha value is -2.71. The van der Waals surface area contributed by atoms with Crippen LogP contribution in [0.1, 0.15) is 26.7 Å². The summed E-state index contributed by atoms with van der Waals surface area (Å²) in [5.41, 5.74) is 1.49. The van der Waals surface area contributed by atoms with E-state index in [0.29, 0.717) is 23.0 Å². The van der Waals surface area contributed by atoms with Crippen molar-refractivity contribution < 1.29 is 4.39 Å². The first-order valence-corrected chi connectivity index (χ1v) is 12.3. The zero-order valence-electron chi connectivity index (χ0n) is 19.1. The van der Waals surface area contributed by atoms with Crippen LogP contribution in [-0.4, -0.2) is 58.2 Å². The fraction of sp³-hybridized carbons (Fsp3) is 0.417. The lowest BCUT2D eigenvalue weighted by molar-refractivity contribution is 0.541. The first-order valence-electron chi connectivity index (χ1n) is 11.5. The highest BCUT2D eigenvalue weighted by Gasteiger charge is 2.29. The predicted molar refractivity (Wildman–Crippen MR) is 135 cm³/mol. The zero-order chi connectivity index (χ0) is 23.8. The summed E-state index contributed by atoms with van der Waals surface area (Å²) in [6.07, 6.45) is 5.47. The topological polar surface area (TPSA) is 61.3 Å². The number of benzene rings is 1. The van der Waals surface area contributed by atoms with Crippen molar-refractivity contribution in [3.63, 3.8) is 0 Å². The Labute approximate surface area is 208 Å². The molecule has 10 heteroatoms. The van der Waals surface area contributed by atoms with Crippen molar-refractivity contribution in [1.82, 2.24) is 19.9 Å². The number of hydrogen-bond donors (Lipinski definition) is 0. The molecule has 5 rings (SSSR count). The maximum Gasteiger partial charge on any atom is 0.228 e. The van der Waals surface area contributed by atoms with Gasteiger partial charge in [-0.05, 0) is 44.9 Å². The number of aromatic nitrogens is 4. The molecular weight excluding hydrogens is 476 g/mol. The minimum atomic E-state index is -0.444. The van der Waals surface area contributed by atoms with E-state index in [1.165, 1.54) is 6.07 Å². The zero-order valence-corrected chi connectivity index (χ0v) is 20.6. The molecule has 0 amide bonds. The molecule has 178 valence electrons.